The maximum atomic E-state index is 12.7. The standard InChI is InChI=1S/C14H26N4O2S.ClH/c1-10(2)9-18-12(4)14(11(3)16-18)21(19,20)17-13-5-7-15-8-6-13;/h10,13,15,17H,5-9H2,1-4H3;1H. The molecule has 0 amide bonds. The lowest BCUT2D eigenvalue weighted by atomic mass is 10.1. The molecule has 0 aromatic carbocycles. The highest BCUT2D eigenvalue weighted by Gasteiger charge is 2.28. The summed E-state index contributed by atoms with van der Waals surface area (Å²) in [5, 5.41) is 7.63. The lowest BCUT2D eigenvalue weighted by Crippen LogP contribution is -2.42. The lowest BCUT2D eigenvalue weighted by molar-refractivity contribution is 0.426. The van der Waals surface area contributed by atoms with Crippen LogP contribution in [0.5, 0.6) is 0 Å². The number of aryl methyl sites for hydroxylation is 1. The Hall–Kier alpha value is -0.630. The highest BCUT2D eigenvalue weighted by atomic mass is 35.5. The van der Waals surface area contributed by atoms with E-state index in [0.29, 0.717) is 16.5 Å². The second-order valence-electron chi connectivity index (χ2n) is 6.22. The first kappa shape index (κ1) is 19.4. The van der Waals surface area contributed by atoms with E-state index >= 15 is 0 Å². The van der Waals surface area contributed by atoms with E-state index in [-0.39, 0.29) is 18.4 Å². The van der Waals surface area contributed by atoms with Gasteiger partial charge in [0.05, 0.1) is 11.4 Å². The van der Waals surface area contributed by atoms with Crippen LogP contribution in [0.3, 0.4) is 0 Å². The van der Waals surface area contributed by atoms with E-state index in [9.17, 15) is 8.42 Å². The van der Waals surface area contributed by atoms with Crippen molar-refractivity contribution in [2.75, 3.05) is 13.1 Å². The van der Waals surface area contributed by atoms with Crippen molar-refractivity contribution in [1.29, 1.82) is 0 Å². The molecular weight excluding hydrogens is 324 g/mol. The number of aromatic nitrogens is 2. The Morgan fingerprint density at radius 2 is 1.91 bits per heavy atom. The van der Waals surface area contributed by atoms with Crippen LogP contribution >= 0.6 is 12.4 Å². The Balaban J connectivity index is 0.00000242. The fraction of sp³-hybridized carbons (Fsp3) is 0.786. The molecule has 0 spiro atoms. The average Bonchev–Trinajstić information content (AvgIpc) is 2.64. The summed E-state index contributed by atoms with van der Waals surface area (Å²) >= 11 is 0. The highest BCUT2D eigenvalue weighted by molar-refractivity contribution is 7.89. The Kier molecular flexibility index (Phi) is 6.85. The fourth-order valence-corrected chi connectivity index (χ4v) is 4.53. The zero-order valence-electron chi connectivity index (χ0n) is 13.7. The van der Waals surface area contributed by atoms with Crippen LogP contribution in [0.2, 0.25) is 0 Å². The van der Waals surface area contributed by atoms with Gasteiger partial charge in [0.2, 0.25) is 10.0 Å². The van der Waals surface area contributed by atoms with Crippen LogP contribution in [-0.2, 0) is 16.6 Å². The van der Waals surface area contributed by atoms with Gasteiger partial charge in [-0.2, -0.15) is 5.10 Å². The average molecular weight is 351 g/mol. The maximum absolute atomic E-state index is 12.7. The summed E-state index contributed by atoms with van der Waals surface area (Å²) < 4.78 is 30.0. The molecule has 6 nitrogen and oxygen atoms in total. The predicted octanol–water partition coefficient (Wildman–Crippen LogP) is 1.61. The third-order valence-corrected chi connectivity index (χ3v) is 5.55. The van der Waals surface area contributed by atoms with Gasteiger partial charge in [-0.1, -0.05) is 13.8 Å². The molecule has 1 aliphatic heterocycles. The molecule has 1 fully saturated rings. The Morgan fingerprint density at radius 3 is 2.45 bits per heavy atom. The second kappa shape index (κ2) is 7.77. The summed E-state index contributed by atoms with van der Waals surface area (Å²) in [5.74, 6) is 0.427. The molecule has 1 saturated heterocycles. The van der Waals surface area contributed by atoms with E-state index in [0.717, 1.165) is 38.2 Å². The summed E-state index contributed by atoms with van der Waals surface area (Å²) in [6.07, 6.45) is 1.66. The molecule has 0 aliphatic carbocycles. The van der Waals surface area contributed by atoms with Crippen LogP contribution in [0.15, 0.2) is 4.90 Å². The van der Waals surface area contributed by atoms with Crippen molar-refractivity contribution in [2.45, 2.75) is 58.0 Å². The van der Waals surface area contributed by atoms with Gasteiger partial charge < -0.3 is 5.32 Å². The van der Waals surface area contributed by atoms with E-state index in [1.807, 2.05) is 6.92 Å². The van der Waals surface area contributed by atoms with Crippen molar-refractivity contribution in [2.24, 2.45) is 5.92 Å². The van der Waals surface area contributed by atoms with Crippen LogP contribution in [-0.4, -0.2) is 37.3 Å². The number of sulfonamides is 1. The van der Waals surface area contributed by atoms with E-state index in [1.165, 1.54) is 0 Å². The number of nitrogens with one attached hydrogen (secondary N) is 2. The lowest BCUT2D eigenvalue weighted by Gasteiger charge is -2.23. The van der Waals surface area contributed by atoms with Crippen molar-refractivity contribution in [3.8, 4) is 0 Å². The third kappa shape index (κ3) is 4.44. The number of halogens is 1. The third-order valence-electron chi connectivity index (χ3n) is 3.78. The SMILES string of the molecule is Cc1nn(CC(C)C)c(C)c1S(=O)(=O)NC1CCNCC1.Cl. The number of nitrogens with zero attached hydrogens (tertiary/aromatic N) is 2. The Bertz CT molecular complexity index is 592. The zero-order chi connectivity index (χ0) is 15.6. The molecule has 2 rings (SSSR count). The van der Waals surface area contributed by atoms with Gasteiger partial charge in [0.25, 0.3) is 0 Å². The number of piperidine rings is 1. The molecule has 0 atom stereocenters. The molecule has 8 heteroatoms. The van der Waals surface area contributed by atoms with Crippen LogP contribution < -0.4 is 10.0 Å². The van der Waals surface area contributed by atoms with Gasteiger partial charge in [-0.3, -0.25) is 4.68 Å². The number of hydrogen-bond donors (Lipinski definition) is 2. The fourth-order valence-electron chi connectivity index (χ4n) is 2.81. The molecule has 0 radical (unpaired) electrons. The van der Waals surface area contributed by atoms with E-state index in [1.54, 1.807) is 11.6 Å². The molecular formula is C14H27ClN4O2S. The normalized spacial score (nSPS) is 16.8. The summed E-state index contributed by atoms with van der Waals surface area (Å²) in [5.41, 5.74) is 1.30. The van der Waals surface area contributed by atoms with Gasteiger partial charge in [0.1, 0.15) is 4.90 Å². The van der Waals surface area contributed by atoms with Crippen LogP contribution in [0, 0.1) is 19.8 Å². The highest BCUT2D eigenvalue weighted by Crippen LogP contribution is 2.21. The molecule has 2 heterocycles. The minimum absolute atomic E-state index is 0. The van der Waals surface area contributed by atoms with Gasteiger partial charge in [-0.15, -0.1) is 12.4 Å². The molecule has 1 aromatic heterocycles. The molecule has 1 aliphatic rings. The molecule has 0 unspecified atom stereocenters. The molecule has 0 saturated carbocycles. The molecule has 0 bridgehead atoms. The van der Waals surface area contributed by atoms with E-state index in [4.69, 9.17) is 0 Å². The van der Waals surface area contributed by atoms with Gasteiger partial charge in [0, 0.05) is 12.6 Å². The Labute approximate surface area is 139 Å². The maximum Gasteiger partial charge on any atom is 0.244 e. The summed E-state index contributed by atoms with van der Waals surface area (Å²) in [7, 11) is -3.50. The first-order valence-corrected chi connectivity index (χ1v) is 9.06. The monoisotopic (exact) mass is 350 g/mol. The first-order chi connectivity index (χ1) is 9.81. The first-order valence-electron chi connectivity index (χ1n) is 7.58. The smallest absolute Gasteiger partial charge is 0.244 e. The molecule has 2 N–H and O–H groups in total. The number of rotatable bonds is 5. The van der Waals surface area contributed by atoms with Crippen LogP contribution in [0.25, 0.3) is 0 Å². The zero-order valence-corrected chi connectivity index (χ0v) is 15.4. The molecule has 1 aromatic rings. The Morgan fingerprint density at radius 1 is 1.32 bits per heavy atom. The minimum atomic E-state index is -3.50. The predicted molar refractivity (Wildman–Crippen MR) is 90.0 cm³/mol. The van der Waals surface area contributed by atoms with Crippen molar-refractivity contribution in [3.63, 3.8) is 0 Å². The molecule has 22 heavy (non-hydrogen) atoms. The van der Waals surface area contributed by atoms with E-state index in [2.05, 4.69) is 29.0 Å². The molecule has 128 valence electrons. The van der Waals surface area contributed by atoms with Gasteiger partial charge in [-0.25, -0.2) is 13.1 Å². The second-order valence-corrected chi connectivity index (χ2v) is 7.87. The quantitative estimate of drug-likeness (QED) is 0.845. The van der Waals surface area contributed by atoms with Crippen molar-refractivity contribution >= 4 is 22.4 Å². The summed E-state index contributed by atoms with van der Waals surface area (Å²) in [4.78, 5) is 0.349. The van der Waals surface area contributed by atoms with Crippen molar-refractivity contribution in [1.82, 2.24) is 19.8 Å². The van der Waals surface area contributed by atoms with Gasteiger partial charge in [-0.05, 0) is 45.7 Å². The van der Waals surface area contributed by atoms with E-state index < -0.39 is 10.0 Å². The summed E-state index contributed by atoms with van der Waals surface area (Å²) in [6.45, 7) is 10.2. The summed E-state index contributed by atoms with van der Waals surface area (Å²) in [6, 6.07) is 0.0171. The van der Waals surface area contributed by atoms with Crippen LogP contribution in [0.1, 0.15) is 38.1 Å². The van der Waals surface area contributed by atoms with Crippen LogP contribution in [0.4, 0.5) is 0 Å². The van der Waals surface area contributed by atoms with Crippen molar-refractivity contribution in [3.05, 3.63) is 11.4 Å². The topological polar surface area (TPSA) is 76.0 Å². The van der Waals surface area contributed by atoms with Gasteiger partial charge in [0.15, 0.2) is 0 Å². The minimum Gasteiger partial charge on any atom is -0.317 e. The van der Waals surface area contributed by atoms with Gasteiger partial charge >= 0.3 is 0 Å². The largest absolute Gasteiger partial charge is 0.317 e. The van der Waals surface area contributed by atoms with Crippen molar-refractivity contribution < 1.29 is 8.42 Å². The number of hydrogen-bond acceptors (Lipinski definition) is 4.